The molecule has 0 aromatic carbocycles. The fourth-order valence-corrected chi connectivity index (χ4v) is 3.59. The van der Waals surface area contributed by atoms with E-state index < -0.39 is 0 Å². The number of aromatic nitrogens is 4. The SMILES string of the molecule is CC(C)Sc1nc(N)nc2c1nc(SC(C)C)n2COCCO. The summed E-state index contributed by atoms with van der Waals surface area (Å²) in [6.07, 6.45) is 0. The van der Waals surface area contributed by atoms with E-state index in [9.17, 15) is 0 Å². The van der Waals surface area contributed by atoms with Crippen LogP contribution in [-0.4, -0.2) is 48.3 Å². The van der Waals surface area contributed by atoms with Gasteiger partial charge in [-0.25, -0.2) is 9.97 Å². The second-order valence-electron chi connectivity index (χ2n) is 5.48. The third-order valence-corrected chi connectivity index (χ3v) is 4.66. The Morgan fingerprint density at radius 1 is 1.13 bits per heavy atom. The third kappa shape index (κ3) is 4.72. The highest BCUT2D eigenvalue weighted by atomic mass is 32.2. The predicted molar refractivity (Wildman–Crippen MR) is 94.8 cm³/mol. The molecule has 0 saturated carbocycles. The first kappa shape index (κ1) is 18.3. The predicted octanol–water partition coefficient (Wildman–Crippen LogP) is 2.38. The molecule has 0 amide bonds. The van der Waals surface area contributed by atoms with Gasteiger partial charge in [0.15, 0.2) is 10.8 Å². The normalized spacial score (nSPS) is 12.0. The zero-order valence-corrected chi connectivity index (χ0v) is 15.4. The molecular formula is C14H23N5O2S2. The molecule has 0 bridgehead atoms. The number of nitrogen functional groups attached to an aromatic ring is 1. The van der Waals surface area contributed by atoms with Crippen LogP contribution in [0.4, 0.5) is 5.95 Å². The van der Waals surface area contributed by atoms with Crippen molar-refractivity contribution >= 4 is 40.6 Å². The van der Waals surface area contributed by atoms with Crippen LogP contribution < -0.4 is 5.73 Å². The molecule has 2 aromatic rings. The van der Waals surface area contributed by atoms with Gasteiger partial charge in [-0.3, -0.25) is 4.57 Å². The highest BCUT2D eigenvalue weighted by Gasteiger charge is 2.19. The van der Waals surface area contributed by atoms with Crippen molar-refractivity contribution in [2.45, 2.75) is 55.1 Å². The number of anilines is 1. The molecule has 0 unspecified atom stereocenters. The molecule has 2 rings (SSSR count). The van der Waals surface area contributed by atoms with Crippen molar-refractivity contribution in [3.63, 3.8) is 0 Å². The molecule has 2 heterocycles. The second-order valence-corrected chi connectivity index (χ2v) is 8.58. The van der Waals surface area contributed by atoms with Crippen LogP contribution in [-0.2, 0) is 11.5 Å². The van der Waals surface area contributed by atoms with Crippen molar-refractivity contribution in [2.75, 3.05) is 18.9 Å². The summed E-state index contributed by atoms with van der Waals surface area (Å²) in [5.41, 5.74) is 7.28. The fraction of sp³-hybridized carbons (Fsp3) is 0.643. The molecule has 0 aliphatic carbocycles. The van der Waals surface area contributed by atoms with Gasteiger partial charge in [0, 0.05) is 10.5 Å². The third-order valence-electron chi connectivity index (χ3n) is 2.69. The van der Waals surface area contributed by atoms with Gasteiger partial charge in [0.05, 0.1) is 13.2 Å². The van der Waals surface area contributed by atoms with Crippen molar-refractivity contribution < 1.29 is 9.84 Å². The van der Waals surface area contributed by atoms with Crippen LogP contribution in [0.5, 0.6) is 0 Å². The van der Waals surface area contributed by atoms with E-state index in [1.807, 2.05) is 4.57 Å². The van der Waals surface area contributed by atoms with E-state index in [2.05, 4.69) is 37.7 Å². The van der Waals surface area contributed by atoms with Gasteiger partial charge in [0.25, 0.3) is 0 Å². The summed E-state index contributed by atoms with van der Waals surface area (Å²) < 4.78 is 7.36. The van der Waals surface area contributed by atoms with Gasteiger partial charge in [-0.2, -0.15) is 4.98 Å². The second kappa shape index (κ2) is 8.18. The molecule has 0 aliphatic heterocycles. The minimum absolute atomic E-state index is 0.0230. The zero-order chi connectivity index (χ0) is 17.0. The molecule has 2 aromatic heterocycles. The number of hydrogen-bond acceptors (Lipinski definition) is 8. The Morgan fingerprint density at radius 3 is 2.43 bits per heavy atom. The topological polar surface area (TPSA) is 99.1 Å². The lowest BCUT2D eigenvalue weighted by molar-refractivity contribution is 0.0458. The summed E-state index contributed by atoms with van der Waals surface area (Å²) in [6, 6.07) is 0. The summed E-state index contributed by atoms with van der Waals surface area (Å²) in [7, 11) is 0. The van der Waals surface area contributed by atoms with Gasteiger partial charge < -0.3 is 15.6 Å². The van der Waals surface area contributed by atoms with Crippen molar-refractivity contribution in [3.8, 4) is 0 Å². The van der Waals surface area contributed by atoms with Crippen LogP contribution in [0.2, 0.25) is 0 Å². The van der Waals surface area contributed by atoms with E-state index in [4.69, 9.17) is 20.6 Å². The maximum absolute atomic E-state index is 8.91. The molecule has 0 spiro atoms. The lowest BCUT2D eigenvalue weighted by Crippen LogP contribution is -2.09. The first-order valence-electron chi connectivity index (χ1n) is 7.48. The van der Waals surface area contributed by atoms with E-state index in [1.54, 1.807) is 23.5 Å². The van der Waals surface area contributed by atoms with Gasteiger partial charge in [-0.15, -0.1) is 11.8 Å². The van der Waals surface area contributed by atoms with Crippen molar-refractivity contribution in [1.29, 1.82) is 0 Å². The summed E-state index contributed by atoms with van der Waals surface area (Å²) in [6.45, 7) is 8.91. The number of hydrogen-bond donors (Lipinski definition) is 2. The van der Waals surface area contributed by atoms with Gasteiger partial charge in [0.2, 0.25) is 5.95 Å². The van der Waals surface area contributed by atoms with Gasteiger partial charge in [0.1, 0.15) is 17.3 Å². The highest BCUT2D eigenvalue weighted by Crippen LogP contribution is 2.32. The quantitative estimate of drug-likeness (QED) is 0.422. The summed E-state index contributed by atoms with van der Waals surface area (Å²) in [5.74, 6) is 0.227. The van der Waals surface area contributed by atoms with Gasteiger partial charge in [-0.05, 0) is 0 Å². The van der Waals surface area contributed by atoms with E-state index >= 15 is 0 Å². The largest absolute Gasteiger partial charge is 0.394 e. The lowest BCUT2D eigenvalue weighted by Gasteiger charge is -2.10. The van der Waals surface area contributed by atoms with Crippen molar-refractivity contribution in [3.05, 3.63) is 0 Å². The van der Waals surface area contributed by atoms with Crippen LogP contribution >= 0.6 is 23.5 Å². The zero-order valence-electron chi connectivity index (χ0n) is 13.8. The number of nitrogens with zero attached hydrogens (tertiary/aromatic N) is 4. The molecule has 0 fully saturated rings. The Labute approximate surface area is 144 Å². The Morgan fingerprint density at radius 2 is 1.83 bits per heavy atom. The van der Waals surface area contributed by atoms with E-state index in [0.717, 1.165) is 15.7 Å². The fourth-order valence-electron chi connectivity index (χ4n) is 1.91. The number of fused-ring (bicyclic) bond motifs is 1. The average molecular weight is 358 g/mol. The molecule has 0 atom stereocenters. The molecule has 7 nitrogen and oxygen atoms in total. The number of imidazole rings is 1. The molecule has 9 heteroatoms. The van der Waals surface area contributed by atoms with E-state index in [-0.39, 0.29) is 25.9 Å². The summed E-state index contributed by atoms with van der Waals surface area (Å²) in [5, 5.41) is 11.2. The van der Waals surface area contributed by atoms with Crippen LogP contribution in [0, 0.1) is 0 Å². The van der Waals surface area contributed by atoms with E-state index in [0.29, 0.717) is 16.1 Å². The van der Waals surface area contributed by atoms with Crippen LogP contribution in [0.3, 0.4) is 0 Å². The highest BCUT2D eigenvalue weighted by molar-refractivity contribution is 8.00. The Hall–Kier alpha value is -1.03. The van der Waals surface area contributed by atoms with E-state index in [1.165, 1.54) is 0 Å². The summed E-state index contributed by atoms with van der Waals surface area (Å²) in [4.78, 5) is 13.4. The first-order valence-corrected chi connectivity index (χ1v) is 9.24. The number of rotatable bonds is 8. The molecule has 0 radical (unpaired) electrons. The maximum atomic E-state index is 8.91. The Kier molecular flexibility index (Phi) is 6.51. The molecular weight excluding hydrogens is 334 g/mol. The molecule has 0 aliphatic rings. The standard InChI is InChI=1S/C14H23N5O2S2/c1-8(2)22-12-10-11(17-13(15)18-12)19(7-21-6-5-20)14(16-10)23-9(3)4/h8-9,20H,5-7H2,1-4H3,(H2,15,17,18). The van der Waals surface area contributed by atoms with Gasteiger partial charge in [-0.1, -0.05) is 39.5 Å². The minimum Gasteiger partial charge on any atom is -0.394 e. The van der Waals surface area contributed by atoms with Crippen molar-refractivity contribution in [1.82, 2.24) is 19.5 Å². The Bertz CT molecular complexity index is 660. The molecule has 128 valence electrons. The number of nitrogens with two attached hydrogens (primary N) is 1. The van der Waals surface area contributed by atoms with Crippen LogP contribution in [0.15, 0.2) is 10.2 Å². The lowest BCUT2D eigenvalue weighted by atomic mass is 10.5. The number of aliphatic hydroxyl groups excluding tert-OH is 1. The monoisotopic (exact) mass is 357 g/mol. The smallest absolute Gasteiger partial charge is 0.223 e. The maximum Gasteiger partial charge on any atom is 0.223 e. The molecule has 23 heavy (non-hydrogen) atoms. The average Bonchev–Trinajstić information content (AvgIpc) is 2.76. The summed E-state index contributed by atoms with van der Waals surface area (Å²) >= 11 is 3.25. The van der Waals surface area contributed by atoms with Crippen LogP contribution in [0.1, 0.15) is 27.7 Å². The van der Waals surface area contributed by atoms with Gasteiger partial charge >= 0.3 is 0 Å². The minimum atomic E-state index is -0.0230. The molecule has 3 N–H and O–H groups in total. The number of aliphatic hydroxyl groups is 1. The number of ether oxygens (including phenoxy) is 1. The Balaban J connectivity index is 2.51. The first-order chi connectivity index (χ1) is 10.9. The molecule has 0 saturated heterocycles. The number of thioether (sulfide) groups is 2. The van der Waals surface area contributed by atoms with Crippen molar-refractivity contribution in [2.24, 2.45) is 0 Å². The van der Waals surface area contributed by atoms with Crippen LogP contribution in [0.25, 0.3) is 11.2 Å².